The smallest absolute Gasteiger partial charge is 0.258 e. The summed E-state index contributed by atoms with van der Waals surface area (Å²) >= 11 is 6.09. The lowest BCUT2D eigenvalue weighted by Crippen LogP contribution is -2.52. The van der Waals surface area contributed by atoms with Gasteiger partial charge < -0.3 is 20.4 Å². The summed E-state index contributed by atoms with van der Waals surface area (Å²) in [7, 11) is 2.79. The molecule has 1 spiro atoms. The fraction of sp³-hybridized carbons (Fsp3) is 0.500. The fourth-order valence-corrected chi connectivity index (χ4v) is 4.13. The number of benzene rings is 1. The quantitative estimate of drug-likeness (QED) is 0.725. The van der Waals surface area contributed by atoms with Crippen LogP contribution >= 0.6 is 11.6 Å². The van der Waals surface area contributed by atoms with Crippen molar-refractivity contribution in [1.29, 1.82) is 0 Å². The van der Waals surface area contributed by atoms with Crippen LogP contribution in [-0.4, -0.2) is 53.8 Å². The number of halogens is 1. The molecule has 6 heteroatoms. The van der Waals surface area contributed by atoms with Crippen molar-refractivity contribution in [3.63, 3.8) is 0 Å². The van der Waals surface area contributed by atoms with Gasteiger partial charge in [-0.3, -0.25) is 4.79 Å². The molecule has 0 unspecified atom stereocenters. The van der Waals surface area contributed by atoms with Gasteiger partial charge in [-0.1, -0.05) is 11.6 Å². The van der Waals surface area contributed by atoms with Gasteiger partial charge in [0, 0.05) is 19.2 Å². The Hall–Kier alpha value is -1.56. The van der Waals surface area contributed by atoms with Crippen LogP contribution in [0.1, 0.15) is 29.5 Å². The number of aliphatic hydroxyl groups excluding tert-OH is 2. The zero-order chi connectivity index (χ0) is 18.1. The molecule has 2 heterocycles. The highest BCUT2D eigenvalue weighted by molar-refractivity contribution is 6.31. The molecule has 1 saturated heterocycles. The normalized spacial score (nSPS) is 19.6. The number of piperidine rings is 1. The molecule has 0 aliphatic carbocycles. The van der Waals surface area contributed by atoms with E-state index < -0.39 is 5.54 Å². The number of hydrogen-bond acceptors (Lipinski definition) is 4. The van der Waals surface area contributed by atoms with Crippen molar-refractivity contribution in [2.45, 2.75) is 32.2 Å². The van der Waals surface area contributed by atoms with E-state index >= 15 is 0 Å². The molecule has 132 valence electrons. The van der Waals surface area contributed by atoms with Crippen LogP contribution in [0.3, 0.4) is 0 Å². The third-order valence-corrected chi connectivity index (χ3v) is 5.23. The summed E-state index contributed by atoms with van der Waals surface area (Å²) in [4.78, 5) is 14.5. The molecular formula is C18H25ClN2O3. The van der Waals surface area contributed by atoms with Gasteiger partial charge in [-0.25, -0.2) is 0 Å². The van der Waals surface area contributed by atoms with Crippen LogP contribution in [0, 0.1) is 13.8 Å². The molecule has 1 fully saturated rings. The van der Waals surface area contributed by atoms with Crippen LogP contribution in [0.2, 0.25) is 5.02 Å². The Bertz CT molecular complexity index is 656. The Kier molecular flexibility index (Phi) is 5.58. The van der Waals surface area contributed by atoms with Gasteiger partial charge in [-0.2, -0.15) is 0 Å². The summed E-state index contributed by atoms with van der Waals surface area (Å²) < 4.78 is 0. The Labute approximate surface area is 147 Å². The first-order valence-electron chi connectivity index (χ1n) is 8.03. The van der Waals surface area contributed by atoms with Gasteiger partial charge in [-0.15, -0.1) is 0 Å². The molecule has 1 aromatic carbocycles. The molecule has 2 aliphatic heterocycles. The first kappa shape index (κ1) is 18.8. The average molecular weight is 353 g/mol. The van der Waals surface area contributed by atoms with E-state index in [0.717, 1.165) is 49.7 Å². The molecule has 0 bridgehead atoms. The minimum atomic E-state index is -0.559. The lowest BCUT2D eigenvalue weighted by atomic mass is 9.85. The maximum Gasteiger partial charge on any atom is 0.258 e. The minimum Gasteiger partial charge on any atom is -0.509 e. The molecular weight excluding hydrogens is 328 g/mol. The van der Waals surface area contributed by atoms with Gasteiger partial charge in [0.25, 0.3) is 5.91 Å². The van der Waals surface area contributed by atoms with Gasteiger partial charge in [0.2, 0.25) is 0 Å². The minimum absolute atomic E-state index is 0.104. The zero-order valence-electron chi connectivity index (χ0n) is 14.6. The monoisotopic (exact) mass is 352 g/mol. The summed E-state index contributed by atoms with van der Waals surface area (Å²) in [6.45, 7) is 5.45. The molecule has 0 atom stereocenters. The highest BCUT2D eigenvalue weighted by Crippen LogP contribution is 2.44. The van der Waals surface area contributed by atoms with Crippen LogP contribution in [0.25, 0.3) is 5.57 Å². The van der Waals surface area contributed by atoms with Crippen LogP contribution < -0.4 is 5.32 Å². The Morgan fingerprint density at radius 1 is 1.17 bits per heavy atom. The Morgan fingerprint density at radius 2 is 1.67 bits per heavy atom. The van der Waals surface area contributed by atoms with E-state index in [1.54, 1.807) is 11.9 Å². The first-order valence-corrected chi connectivity index (χ1v) is 8.41. The summed E-state index contributed by atoms with van der Waals surface area (Å²) in [5.74, 6) is 0.114. The summed E-state index contributed by atoms with van der Waals surface area (Å²) in [6, 6.07) is 3.68. The molecule has 3 rings (SSSR count). The standard InChI is InChI=1S/C17H21ClN2O2.CH4O/c1-10-8-12(18)9-11(2)13(10)14-15(21)17(20(3)16(14)22)4-6-19-7-5-17;1-2/h8-9,19,21H,4-7H2,1-3H3;2H,1H3. The molecule has 1 amide bonds. The van der Waals surface area contributed by atoms with E-state index in [2.05, 4.69) is 5.32 Å². The first-order chi connectivity index (χ1) is 11.4. The van der Waals surface area contributed by atoms with Crippen molar-refractivity contribution in [1.82, 2.24) is 10.2 Å². The summed E-state index contributed by atoms with van der Waals surface area (Å²) in [6.07, 6.45) is 1.46. The van der Waals surface area contributed by atoms with E-state index in [1.807, 2.05) is 26.0 Å². The molecule has 0 radical (unpaired) electrons. The molecule has 5 nitrogen and oxygen atoms in total. The van der Waals surface area contributed by atoms with Gasteiger partial charge in [0.1, 0.15) is 11.3 Å². The number of aryl methyl sites for hydroxylation is 2. The molecule has 2 aliphatic rings. The molecule has 0 saturated carbocycles. The second-order valence-electron chi connectivity index (χ2n) is 6.28. The maximum atomic E-state index is 12.8. The van der Waals surface area contributed by atoms with E-state index in [-0.39, 0.29) is 11.7 Å². The van der Waals surface area contributed by atoms with Gasteiger partial charge >= 0.3 is 0 Å². The SMILES string of the molecule is CO.Cc1cc(Cl)cc(C)c1C1=C(O)C2(CCNCC2)N(C)C1=O. The van der Waals surface area contributed by atoms with Crippen molar-refractivity contribution in [2.24, 2.45) is 0 Å². The molecule has 0 aromatic heterocycles. The number of carbonyl (C=O) groups is 1. The number of nitrogens with zero attached hydrogens (tertiary/aromatic N) is 1. The molecule has 24 heavy (non-hydrogen) atoms. The van der Waals surface area contributed by atoms with Gasteiger partial charge in [0.15, 0.2) is 0 Å². The number of likely N-dealkylation sites (N-methyl/N-ethyl adjacent to an activating group) is 1. The van der Waals surface area contributed by atoms with E-state index in [1.165, 1.54) is 0 Å². The topological polar surface area (TPSA) is 72.8 Å². The number of amides is 1. The Morgan fingerprint density at radius 3 is 2.17 bits per heavy atom. The highest BCUT2D eigenvalue weighted by Gasteiger charge is 2.51. The third-order valence-electron chi connectivity index (χ3n) is 5.02. The van der Waals surface area contributed by atoms with Crippen molar-refractivity contribution in [2.75, 3.05) is 27.2 Å². The van der Waals surface area contributed by atoms with Crippen LogP contribution in [0.5, 0.6) is 0 Å². The lowest BCUT2D eigenvalue weighted by molar-refractivity contribution is -0.127. The fourth-order valence-electron chi connectivity index (χ4n) is 3.80. The third kappa shape index (κ3) is 2.81. The molecule has 3 N–H and O–H groups in total. The van der Waals surface area contributed by atoms with Crippen molar-refractivity contribution >= 4 is 23.1 Å². The zero-order valence-corrected chi connectivity index (χ0v) is 15.4. The number of hydrogen-bond donors (Lipinski definition) is 3. The van der Waals surface area contributed by atoms with E-state index in [9.17, 15) is 9.90 Å². The van der Waals surface area contributed by atoms with Crippen LogP contribution in [-0.2, 0) is 4.79 Å². The van der Waals surface area contributed by atoms with Crippen LogP contribution in [0.15, 0.2) is 17.9 Å². The van der Waals surface area contributed by atoms with Crippen molar-refractivity contribution < 1.29 is 15.0 Å². The predicted molar refractivity (Wildman–Crippen MR) is 96.2 cm³/mol. The largest absolute Gasteiger partial charge is 0.509 e. The Balaban J connectivity index is 0.00000100. The van der Waals surface area contributed by atoms with Crippen molar-refractivity contribution in [3.05, 3.63) is 39.6 Å². The van der Waals surface area contributed by atoms with Gasteiger partial charge in [-0.05, 0) is 68.6 Å². The van der Waals surface area contributed by atoms with E-state index in [0.29, 0.717) is 10.6 Å². The lowest BCUT2D eigenvalue weighted by Gasteiger charge is -2.39. The number of carbonyl (C=O) groups excluding carboxylic acids is 1. The average Bonchev–Trinajstić information content (AvgIpc) is 2.73. The molecule has 1 aromatic rings. The van der Waals surface area contributed by atoms with Gasteiger partial charge in [0.05, 0.1) is 5.57 Å². The predicted octanol–water partition coefficient (Wildman–Crippen LogP) is 2.43. The summed E-state index contributed by atoms with van der Waals surface area (Å²) in [5, 5.41) is 21.9. The second-order valence-corrected chi connectivity index (χ2v) is 6.72. The van der Waals surface area contributed by atoms with Crippen molar-refractivity contribution in [3.8, 4) is 0 Å². The van der Waals surface area contributed by atoms with Crippen LogP contribution in [0.4, 0.5) is 0 Å². The maximum absolute atomic E-state index is 12.8. The van der Waals surface area contributed by atoms with E-state index in [4.69, 9.17) is 16.7 Å². The second kappa shape index (κ2) is 7.13. The summed E-state index contributed by atoms with van der Waals surface area (Å²) in [5.41, 5.74) is 2.53. The number of aliphatic hydroxyl groups is 2. The number of nitrogens with one attached hydrogen (secondary N) is 1. The highest BCUT2D eigenvalue weighted by atomic mass is 35.5. The number of rotatable bonds is 1.